The van der Waals surface area contributed by atoms with Crippen molar-refractivity contribution < 1.29 is 23.9 Å². The standard InChI is InChI=1S/C26H27NO5/c1-4-31-25(29)21-16-22(26(30)32-5-2)24(20-14-10-7-11-15-20)27(17-18(3)28)23(21)19-12-8-6-9-13-19/h6-15H,4-5,16-17H2,1-3H3. The molecule has 0 radical (unpaired) electrons. The normalized spacial score (nSPS) is 13.8. The molecule has 0 fully saturated rings. The molecule has 1 aliphatic rings. The molecule has 0 atom stereocenters. The van der Waals surface area contributed by atoms with Crippen LogP contribution in [-0.4, -0.2) is 42.4 Å². The Bertz CT molecular complexity index is 977. The minimum Gasteiger partial charge on any atom is -0.463 e. The molecule has 3 rings (SSSR count). The molecule has 32 heavy (non-hydrogen) atoms. The zero-order valence-corrected chi connectivity index (χ0v) is 18.6. The smallest absolute Gasteiger partial charge is 0.336 e. The van der Waals surface area contributed by atoms with Crippen LogP contribution in [0.3, 0.4) is 0 Å². The Hall–Kier alpha value is -3.67. The molecule has 2 aromatic carbocycles. The quantitative estimate of drug-likeness (QED) is 0.580. The van der Waals surface area contributed by atoms with Crippen LogP contribution in [0.1, 0.15) is 38.3 Å². The van der Waals surface area contributed by atoms with E-state index in [4.69, 9.17) is 9.47 Å². The van der Waals surface area contributed by atoms with Gasteiger partial charge in [-0.2, -0.15) is 0 Å². The number of hydrogen-bond acceptors (Lipinski definition) is 6. The fourth-order valence-corrected chi connectivity index (χ4v) is 3.79. The fourth-order valence-electron chi connectivity index (χ4n) is 3.79. The molecule has 0 unspecified atom stereocenters. The van der Waals surface area contributed by atoms with Crippen molar-refractivity contribution in [3.05, 3.63) is 82.9 Å². The number of carbonyl (C=O) groups is 3. The lowest BCUT2D eigenvalue weighted by atomic mass is 9.89. The number of carbonyl (C=O) groups excluding carboxylic acids is 3. The zero-order valence-electron chi connectivity index (χ0n) is 18.6. The van der Waals surface area contributed by atoms with E-state index >= 15 is 0 Å². The van der Waals surface area contributed by atoms with Crippen molar-refractivity contribution in [3.63, 3.8) is 0 Å². The highest BCUT2D eigenvalue weighted by Crippen LogP contribution is 2.41. The number of esters is 2. The molecule has 0 aromatic heterocycles. The van der Waals surface area contributed by atoms with Gasteiger partial charge in [0.2, 0.25) is 0 Å². The number of ether oxygens (including phenoxy) is 2. The van der Waals surface area contributed by atoms with Gasteiger partial charge in [0, 0.05) is 6.42 Å². The van der Waals surface area contributed by atoms with Crippen molar-refractivity contribution >= 4 is 29.1 Å². The third-order valence-corrected chi connectivity index (χ3v) is 4.98. The minimum absolute atomic E-state index is 0.0136. The van der Waals surface area contributed by atoms with Crippen LogP contribution >= 0.6 is 0 Å². The second-order valence-electron chi connectivity index (χ2n) is 7.29. The van der Waals surface area contributed by atoms with Gasteiger partial charge >= 0.3 is 11.9 Å². The van der Waals surface area contributed by atoms with E-state index in [0.29, 0.717) is 22.5 Å². The van der Waals surface area contributed by atoms with E-state index in [1.54, 1.807) is 18.7 Å². The number of ketones is 1. The SMILES string of the molecule is CCOC(=O)C1=C(c2ccccc2)N(CC(C)=O)C(c2ccccc2)=C(C(=O)OCC)C1. The first-order chi connectivity index (χ1) is 15.5. The van der Waals surface area contributed by atoms with Crippen molar-refractivity contribution in [2.75, 3.05) is 19.8 Å². The fraction of sp³-hybridized carbons (Fsp3) is 0.269. The number of hydrogen-bond donors (Lipinski definition) is 0. The van der Waals surface area contributed by atoms with Crippen LogP contribution in [0, 0.1) is 0 Å². The minimum atomic E-state index is -0.520. The summed E-state index contributed by atoms with van der Waals surface area (Å²) in [5.41, 5.74) is 3.28. The Morgan fingerprint density at radius 2 is 1.16 bits per heavy atom. The summed E-state index contributed by atoms with van der Waals surface area (Å²) in [6.07, 6.45) is 0.0422. The maximum absolute atomic E-state index is 13.0. The Balaban J connectivity index is 2.32. The molecule has 0 saturated carbocycles. The molecule has 0 N–H and O–H groups in total. The van der Waals surface area contributed by atoms with Gasteiger partial charge in [0.15, 0.2) is 0 Å². The largest absolute Gasteiger partial charge is 0.463 e. The molecule has 0 saturated heterocycles. The van der Waals surface area contributed by atoms with Crippen LogP contribution in [0.2, 0.25) is 0 Å². The molecule has 0 bridgehead atoms. The average molecular weight is 434 g/mol. The number of nitrogens with zero attached hydrogens (tertiary/aromatic N) is 1. The van der Waals surface area contributed by atoms with Gasteiger partial charge in [-0.25, -0.2) is 9.59 Å². The van der Waals surface area contributed by atoms with Gasteiger partial charge in [0.05, 0.1) is 42.3 Å². The third-order valence-electron chi connectivity index (χ3n) is 4.98. The van der Waals surface area contributed by atoms with Gasteiger partial charge in [-0.15, -0.1) is 0 Å². The van der Waals surface area contributed by atoms with Crippen LogP contribution < -0.4 is 0 Å². The summed E-state index contributed by atoms with van der Waals surface area (Å²) < 4.78 is 10.7. The van der Waals surface area contributed by atoms with Crippen molar-refractivity contribution in [1.29, 1.82) is 0 Å². The molecule has 0 spiro atoms. The molecular formula is C26H27NO5. The van der Waals surface area contributed by atoms with E-state index in [1.807, 2.05) is 60.7 Å². The van der Waals surface area contributed by atoms with E-state index in [2.05, 4.69) is 0 Å². The van der Waals surface area contributed by atoms with E-state index < -0.39 is 11.9 Å². The van der Waals surface area contributed by atoms with Crippen LogP contribution in [0.5, 0.6) is 0 Å². The van der Waals surface area contributed by atoms with Gasteiger partial charge in [-0.1, -0.05) is 60.7 Å². The van der Waals surface area contributed by atoms with Crippen molar-refractivity contribution in [2.24, 2.45) is 0 Å². The maximum atomic E-state index is 13.0. The first-order valence-corrected chi connectivity index (χ1v) is 10.7. The van der Waals surface area contributed by atoms with E-state index in [9.17, 15) is 14.4 Å². The zero-order chi connectivity index (χ0) is 23.1. The Kier molecular flexibility index (Phi) is 7.60. The topological polar surface area (TPSA) is 72.9 Å². The van der Waals surface area contributed by atoms with Crippen molar-refractivity contribution in [1.82, 2.24) is 4.90 Å². The predicted molar refractivity (Wildman–Crippen MR) is 122 cm³/mol. The summed E-state index contributed by atoms with van der Waals surface area (Å²) in [7, 11) is 0. The molecule has 6 nitrogen and oxygen atoms in total. The molecule has 1 heterocycles. The van der Waals surface area contributed by atoms with Crippen LogP contribution in [0.4, 0.5) is 0 Å². The van der Waals surface area contributed by atoms with E-state index in [0.717, 1.165) is 11.1 Å². The summed E-state index contributed by atoms with van der Waals surface area (Å²) in [4.78, 5) is 40.1. The lowest BCUT2D eigenvalue weighted by molar-refractivity contribution is -0.139. The summed E-state index contributed by atoms with van der Waals surface area (Å²) in [5, 5.41) is 0. The predicted octanol–water partition coefficient (Wildman–Crippen LogP) is 4.23. The average Bonchev–Trinajstić information content (AvgIpc) is 2.79. The summed E-state index contributed by atoms with van der Waals surface area (Å²) in [5.74, 6) is -1.15. The van der Waals surface area contributed by atoms with Crippen LogP contribution in [0.25, 0.3) is 11.4 Å². The molecule has 166 valence electrons. The Morgan fingerprint density at radius 3 is 1.50 bits per heavy atom. The van der Waals surface area contributed by atoms with Crippen LogP contribution in [0.15, 0.2) is 71.8 Å². The van der Waals surface area contributed by atoms with E-state index in [-0.39, 0.29) is 32.0 Å². The molecule has 1 aliphatic heterocycles. The second-order valence-corrected chi connectivity index (χ2v) is 7.29. The number of Topliss-reactive ketones (excluding diaryl/α,β-unsaturated/α-hetero) is 1. The summed E-state index contributed by atoms with van der Waals surface area (Å²) in [6, 6.07) is 18.7. The van der Waals surface area contributed by atoms with Gasteiger partial charge in [0.1, 0.15) is 5.78 Å². The van der Waals surface area contributed by atoms with Gasteiger partial charge in [0.25, 0.3) is 0 Å². The van der Waals surface area contributed by atoms with Gasteiger partial charge in [-0.05, 0) is 31.9 Å². The monoisotopic (exact) mass is 433 g/mol. The highest BCUT2D eigenvalue weighted by atomic mass is 16.5. The summed E-state index contributed by atoms with van der Waals surface area (Å²) >= 11 is 0. The van der Waals surface area contributed by atoms with Gasteiger partial charge < -0.3 is 14.4 Å². The molecule has 2 aromatic rings. The van der Waals surface area contributed by atoms with E-state index in [1.165, 1.54) is 6.92 Å². The van der Waals surface area contributed by atoms with Crippen molar-refractivity contribution in [2.45, 2.75) is 27.2 Å². The van der Waals surface area contributed by atoms with Gasteiger partial charge in [-0.3, -0.25) is 4.79 Å². The highest BCUT2D eigenvalue weighted by Gasteiger charge is 2.36. The molecule has 0 amide bonds. The van der Waals surface area contributed by atoms with Crippen LogP contribution in [-0.2, 0) is 23.9 Å². The number of benzene rings is 2. The maximum Gasteiger partial charge on any atom is 0.336 e. The van der Waals surface area contributed by atoms with Crippen molar-refractivity contribution in [3.8, 4) is 0 Å². The lowest BCUT2D eigenvalue weighted by Gasteiger charge is -2.36. The third kappa shape index (κ3) is 4.97. The summed E-state index contributed by atoms with van der Waals surface area (Å²) in [6.45, 7) is 5.32. The molecule has 0 aliphatic carbocycles. The lowest BCUT2D eigenvalue weighted by Crippen LogP contribution is -2.34. The Labute approximate surface area is 188 Å². The second kappa shape index (κ2) is 10.6. The number of rotatable bonds is 8. The first kappa shape index (κ1) is 23.0. The highest BCUT2D eigenvalue weighted by molar-refractivity contribution is 6.08. The first-order valence-electron chi connectivity index (χ1n) is 10.7. The molecular weight excluding hydrogens is 406 g/mol. The molecule has 6 heteroatoms. The Morgan fingerprint density at radius 1 is 0.750 bits per heavy atom.